The van der Waals surface area contributed by atoms with Gasteiger partial charge in [0, 0.05) is 68.6 Å². The molecule has 4 aliphatic heterocycles. The molecule has 4 aliphatic rings. The number of nitrogens with zero attached hydrogens (tertiary/aromatic N) is 7. The van der Waals surface area contributed by atoms with Crippen molar-refractivity contribution in [1.29, 1.82) is 0 Å². The SMILES string of the molecule is COc1cc(N2CCC(N3CCN4CCC3CC4)CC2)c(C)cc1Nc1ncc(Br)c(Nc2ccc3nccnc3c2P(C)(C)=O)n1. The highest BCUT2D eigenvalue weighted by Gasteiger charge is 2.35. The highest BCUT2D eigenvalue weighted by Crippen LogP contribution is 2.42. The Labute approximate surface area is 285 Å². The minimum absolute atomic E-state index is 0.406. The van der Waals surface area contributed by atoms with Crippen molar-refractivity contribution in [2.75, 3.05) is 75.2 Å². The van der Waals surface area contributed by atoms with Crippen LogP contribution in [0.3, 0.4) is 0 Å². The van der Waals surface area contributed by atoms with Crippen LogP contribution < -0.4 is 25.6 Å². The van der Waals surface area contributed by atoms with E-state index in [4.69, 9.17) is 9.72 Å². The summed E-state index contributed by atoms with van der Waals surface area (Å²) < 4.78 is 20.0. The van der Waals surface area contributed by atoms with Crippen LogP contribution in [-0.4, -0.2) is 102 Å². The van der Waals surface area contributed by atoms with Crippen LogP contribution in [0.15, 0.2) is 47.3 Å². The van der Waals surface area contributed by atoms with Gasteiger partial charge >= 0.3 is 0 Å². The molecule has 0 saturated carbocycles. The molecule has 2 N–H and O–H groups in total. The lowest BCUT2D eigenvalue weighted by atomic mass is 9.97. The number of rotatable bonds is 8. The highest BCUT2D eigenvalue weighted by molar-refractivity contribution is 9.10. The molecular formula is C34H43BrN9O2P. The van der Waals surface area contributed by atoms with Gasteiger partial charge in [0.1, 0.15) is 24.2 Å². The molecule has 0 spiro atoms. The number of hydrogen-bond donors (Lipinski definition) is 2. The third-order valence-electron chi connectivity index (χ3n) is 9.89. The molecule has 8 rings (SSSR count). The number of hydrogen-bond acceptors (Lipinski definition) is 11. The summed E-state index contributed by atoms with van der Waals surface area (Å²) in [6.45, 7) is 12.7. The number of halogens is 1. The van der Waals surface area contributed by atoms with Crippen molar-refractivity contribution in [2.45, 2.75) is 44.7 Å². The van der Waals surface area contributed by atoms with Crippen molar-refractivity contribution in [3.05, 3.63) is 52.9 Å². The first-order valence-corrected chi connectivity index (χ1v) is 19.8. The molecule has 11 nitrogen and oxygen atoms in total. The number of fused-ring (bicyclic) bond motifs is 5. The molecule has 2 aromatic carbocycles. The fourth-order valence-electron chi connectivity index (χ4n) is 7.55. The summed E-state index contributed by atoms with van der Waals surface area (Å²) in [5.74, 6) is 1.68. The third kappa shape index (κ3) is 6.70. The first-order chi connectivity index (χ1) is 22.7. The van der Waals surface area contributed by atoms with E-state index in [1.807, 2.05) is 12.1 Å². The number of aromatic nitrogens is 4. The summed E-state index contributed by atoms with van der Waals surface area (Å²) >= 11 is 3.59. The fraction of sp³-hybridized carbons (Fsp3) is 0.471. The maximum Gasteiger partial charge on any atom is 0.229 e. The number of benzene rings is 2. The van der Waals surface area contributed by atoms with Crippen LogP contribution in [0.1, 0.15) is 31.2 Å². The van der Waals surface area contributed by atoms with E-state index in [9.17, 15) is 4.57 Å². The quantitative estimate of drug-likeness (QED) is 0.210. The van der Waals surface area contributed by atoms with E-state index in [1.54, 1.807) is 39.0 Å². The van der Waals surface area contributed by atoms with E-state index in [0.29, 0.717) is 44.3 Å². The van der Waals surface area contributed by atoms with Crippen molar-refractivity contribution in [3.8, 4) is 5.75 Å². The molecule has 0 unspecified atom stereocenters. The van der Waals surface area contributed by atoms with E-state index in [2.05, 4.69) is 75.3 Å². The van der Waals surface area contributed by atoms with Crippen LogP contribution in [0.25, 0.3) is 11.0 Å². The second-order valence-corrected chi connectivity index (χ2v) is 17.2. The van der Waals surface area contributed by atoms with Gasteiger partial charge in [-0.2, -0.15) is 4.98 Å². The number of piperidine rings is 2. The van der Waals surface area contributed by atoms with E-state index in [1.165, 1.54) is 63.1 Å². The van der Waals surface area contributed by atoms with E-state index >= 15 is 0 Å². The minimum Gasteiger partial charge on any atom is -0.494 e. The number of nitrogens with one attached hydrogen (secondary N) is 2. The maximum absolute atomic E-state index is 13.4. The first-order valence-electron chi connectivity index (χ1n) is 16.5. The second-order valence-electron chi connectivity index (χ2n) is 13.2. The number of ether oxygens (including phenoxy) is 1. The Bertz CT molecular complexity index is 1820. The normalized spacial score (nSPS) is 20.7. The Morgan fingerprint density at radius 3 is 2.34 bits per heavy atom. The lowest BCUT2D eigenvalue weighted by molar-refractivity contribution is 0.114. The average molecular weight is 721 g/mol. The topological polar surface area (TPSA) is 112 Å². The lowest BCUT2D eigenvalue weighted by Gasteiger charge is -2.42. The summed E-state index contributed by atoms with van der Waals surface area (Å²) in [4.78, 5) is 26.2. The molecule has 0 radical (unpaired) electrons. The molecule has 6 heterocycles. The predicted molar refractivity (Wildman–Crippen MR) is 194 cm³/mol. The Morgan fingerprint density at radius 2 is 1.62 bits per heavy atom. The van der Waals surface area contributed by atoms with Crippen LogP contribution >= 0.6 is 23.1 Å². The molecule has 2 aromatic heterocycles. The summed E-state index contributed by atoms with van der Waals surface area (Å²) in [5, 5.41) is 7.39. The van der Waals surface area contributed by atoms with Gasteiger partial charge in [0.15, 0.2) is 0 Å². The van der Waals surface area contributed by atoms with Gasteiger partial charge in [-0.15, -0.1) is 0 Å². The molecule has 0 aliphatic carbocycles. The maximum atomic E-state index is 13.4. The Balaban J connectivity index is 1.09. The summed E-state index contributed by atoms with van der Waals surface area (Å²) in [5.41, 5.74) is 5.15. The first kappa shape index (κ1) is 32.2. The Hall–Kier alpha value is -3.31. The van der Waals surface area contributed by atoms with Gasteiger partial charge in [0.2, 0.25) is 5.95 Å². The minimum atomic E-state index is -2.73. The zero-order chi connectivity index (χ0) is 32.7. The molecule has 4 fully saturated rings. The van der Waals surface area contributed by atoms with Gasteiger partial charge < -0.3 is 29.7 Å². The number of aryl methyl sites for hydroxylation is 1. The van der Waals surface area contributed by atoms with Crippen molar-refractivity contribution in [3.63, 3.8) is 0 Å². The standard InChI is InChI=1S/C34H43BrN9O2P/c1-22-19-28(30(46-2)20-29(22)43-15-9-24(10-16-43)44-18-17-42-13-7-23(44)8-14-42)40-34-38-21-25(35)33(41-34)39-27-6-5-26-31(37-12-11-36-26)32(27)47(3,4)45/h5-6,11-12,19-21,23-24H,7-10,13-18H2,1-4H3,(H2,38,39,40,41). The molecule has 47 heavy (non-hydrogen) atoms. The molecule has 0 atom stereocenters. The summed E-state index contributed by atoms with van der Waals surface area (Å²) in [6, 6.07) is 9.43. The van der Waals surface area contributed by atoms with Gasteiger partial charge in [-0.1, -0.05) is 0 Å². The van der Waals surface area contributed by atoms with Crippen molar-refractivity contribution < 1.29 is 9.30 Å². The molecule has 0 amide bonds. The van der Waals surface area contributed by atoms with Gasteiger partial charge in [0.25, 0.3) is 0 Å². The molecular weight excluding hydrogens is 677 g/mol. The van der Waals surface area contributed by atoms with Gasteiger partial charge in [-0.05, 0) is 98.7 Å². The van der Waals surface area contributed by atoms with E-state index < -0.39 is 7.14 Å². The molecule has 248 valence electrons. The lowest BCUT2D eigenvalue weighted by Crippen LogP contribution is -2.49. The van der Waals surface area contributed by atoms with Crippen LogP contribution in [0, 0.1) is 6.92 Å². The number of methoxy groups -OCH3 is 1. The molecule has 4 saturated heterocycles. The van der Waals surface area contributed by atoms with Crippen LogP contribution in [-0.2, 0) is 4.57 Å². The van der Waals surface area contributed by atoms with E-state index in [-0.39, 0.29) is 0 Å². The van der Waals surface area contributed by atoms with Gasteiger partial charge in [-0.3, -0.25) is 14.9 Å². The Kier molecular flexibility index (Phi) is 9.13. The van der Waals surface area contributed by atoms with Crippen molar-refractivity contribution in [1.82, 2.24) is 29.7 Å². The summed E-state index contributed by atoms with van der Waals surface area (Å²) in [6.07, 6.45) is 9.98. The van der Waals surface area contributed by atoms with Crippen LogP contribution in [0.4, 0.5) is 28.8 Å². The zero-order valence-corrected chi connectivity index (χ0v) is 30.0. The second kappa shape index (κ2) is 13.3. The predicted octanol–water partition coefficient (Wildman–Crippen LogP) is 5.98. The monoisotopic (exact) mass is 719 g/mol. The molecule has 4 aromatic rings. The van der Waals surface area contributed by atoms with Crippen molar-refractivity contribution in [2.24, 2.45) is 0 Å². The van der Waals surface area contributed by atoms with Gasteiger partial charge in [-0.25, -0.2) is 4.98 Å². The third-order valence-corrected chi connectivity index (χ3v) is 12.0. The number of anilines is 5. The van der Waals surface area contributed by atoms with E-state index in [0.717, 1.165) is 30.6 Å². The molecule has 13 heteroatoms. The fourth-order valence-corrected chi connectivity index (χ4v) is 9.23. The summed E-state index contributed by atoms with van der Waals surface area (Å²) in [7, 11) is -1.03. The highest BCUT2D eigenvalue weighted by atomic mass is 79.9. The zero-order valence-electron chi connectivity index (χ0n) is 27.5. The average Bonchev–Trinajstić information content (AvgIpc) is 3.40. The smallest absolute Gasteiger partial charge is 0.229 e. The van der Waals surface area contributed by atoms with Crippen LogP contribution in [0.5, 0.6) is 5.75 Å². The van der Waals surface area contributed by atoms with Gasteiger partial charge in [0.05, 0.1) is 33.8 Å². The van der Waals surface area contributed by atoms with Crippen molar-refractivity contribution >= 4 is 68.2 Å². The largest absolute Gasteiger partial charge is 0.494 e. The Morgan fingerprint density at radius 1 is 0.894 bits per heavy atom. The molecule has 2 bridgehead atoms. The van der Waals surface area contributed by atoms with Crippen LogP contribution in [0.2, 0.25) is 0 Å².